The molecular weight excluding hydrogens is 694 g/mol. The van der Waals surface area contributed by atoms with Gasteiger partial charge in [-0.25, -0.2) is 0 Å². The van der Waals surface area contributed by atoms with Crippen LogP contribution in [0, 0.1) is 12.3 Å². The van der Waals surface area contributed by atoms with Crippen LogP contribution in [0.4, 0.5) is 33.3 Å². The van der Waals surface area contributed by atoms with E-state index in [0.717, 1.165) is 42.6 Å². The maximum atomic E-state index is 15.2. The molecule has 10 nitrogen and oxygen atoms in total. The third kappa shape index (κ3) is 7.39. The number of hydrogen-bond acceptors (Lipinski definition) is 6. The van der Waals surface area contributed by atoms with Gasteiger partial charge in [0.05, 0.1) is 5.69 Å². The summed E-state index contributed by atoms with van der Waals surface area (Å²) in [5, 5.41) is 24.8. The number of halogens is 5. The smallest absolute Gasteiger partial charge is 0.387 e. The van der Waals surface area contributed by atoms with Crippen LogP contribution in [0.25, 0.3) is 5.57 Å². The predicted octanol–water partition coefficient (Wildman–Crippen LogP) is 7.54. The fourth-order valence-corrected chi connectivity index (χ4v) is 6.51. The van der Waals surface area contributed by atoms with Crippen molar-refractivity contribution in [2.24, 2.45) is 17.3 Å². The van der Waals surface area contributed by atoms with E-state index in [1.165, 1.54) is 12.1 Å². The third-order valence-corrected chi connectivity index (χ3v) is 9.56. The van der Waals surface area contributed by atoms with Crippen molar-refractivity contribution in [3.8, 4) is 12.3 Å². The zero-order chi connectivity index (χ0) is 38.0. The second-order valence-corrected chi connectivity index (χ2v) is 13.1. The average Bonchev–Trinajstić information content (AvgIpc) is 3.77. The zero-order valence-corrected chi connectivity index (χ0v) is 29.1. The summed E-state index contributed by atoms with van der Waals surface area (Å²) < 4.78 is 74.3. The maximum absolute atomic E-state index is 15.2. The van der Waals surface area contributed by atoms with Crippen LogP contribution in [-0.2, 0) is 36.1 Å². The number of aromatic amines is 1. The molecule has 4 N–H and O–H groups in total. The first-order valence-electron chi connectivity index (χ1n) is 17.0. The number of alkyl halides is 3. The second kappa shape index (κ2) is 14.8. The second-order valence-electron chi connectivity index (χ2n) is 13.1. The Kier molecular flexibility index (Phi) is 10.4. The summed E-state index contributed by atoms with van der Waals surface area (Å²) in [6, 6.07) is 16.1. The normalized spacial score (nSPS) is 18.3. The minimum atomic E-state index is -4.62. The highest BCUT2D eigenvalue weighted by Gasteiger charge is 2.65. The fourth-order valence-electron chi connectivity index (χ4n) is 6.51. The summed E-state index contributed by atoms with van der Waals surface area (Å²) in [5.41, 5.74) is 0.150. The van der Waals surface area contributed by atoms with Crippen LogP contribution in [0.3, 0.4) is 0 Å². The number of H-pyrrole nitrogens is 1. The van der Waals surface area contributed by atoms with Crippen LogP contribution in [-0.4, -0.2) is 50.4 Å². The third-order valence-electron chi connectivity index (χ3n) is 9.56. The standard InChI is InChI=1S/C37H38BF5N8O2/c1-4-5-6-7-8-9-29-23-50(46-29)35(2)21-20-31(51(35)38(42)43)34(26-12-16-28(17-13-26)45-33(53)24-52)30-18-19-32(49(30)3)44-22-25-10-14-27(15-11-25)36(47-48-36)37(39,40)41/h1,10-21,23,44,46,52H,5-9,22,24H2,2-3H3,(H,45,53)/b34-31-. The predicted molar refractivity (Wildman–Crippen MR) is 192 cm³/mol. The summed E-state index contributed by atoms with van der Waals surface area (Å²) >= 11 is 0. The van der Waals surface area contributed by atoms with Gasteiger partial charge in [-0.1, -0.05) is 42.8 Å². The number of rotatable bonds is 15. The van der Waals surface area contributed by atoms with Crippen LogP contribution in [0.15, 0.2) is 94.9 Å². The van der Waals surface area contributed by atoms with Crippen LogP contribution >= 0.6 is 0 Å². The van der Waals surface area contributed by atoms with E-state index in [9.17, 15) is 18.0 Å². The van der Waals surface area contributed by atoms with Gasteiger partial charge in [0.15, 0.2) is 0 Å². The molecule has 2 aromatic carbocycles. The number of aliphatic hydroxyl groups excluding tert-OH is 1. The molecule has 1 atom stereocenters. The first-order chi connectivity index (χ1) is 25.3. The van der Waals surface area contributed by atoms with Crippen molar-refractivity contribution >= 4 is 30.4 Å². The molecule has 0 bridgehead atoms. The number of aromatic nitrogens is 3. The first-order valence-corrected chi connectivity index (χ1v) is 17.0. The van der Waals surface area contributed by atoms with E-state index in [2.05, 4.69) is 31.9 Å². The number of carbonyl (C=O) groups is 1. The Hall–Kier alpha value is -5.56. The quantitative estimate of drug-likeness (QED) is 0.0438. The summed E-state index contributed by atoms with van der Waals surface area (Å²) in [6.45, 7) is 1.27. The number of allylic oxidation sites excluding steroid dienone is 1. The number of nitrogens with zero attached hydrogens (tertiary/aromatic N) is 5. The first kappa shape index (κ1) is 37.2. The van der Waals surface area contributed by atoms with E-state index < -0.39 is 37.4 Å². The Morgan fingerprint density at radius 1 is 1.04 bits per heavy atom. The molecule has 2 aliphatic heterocycles. The summed E-state index contributed by atoms with van der Waals surface area (Å²) in [5.74, 6) is 2.66. The number of benzene rings is 2. The van der Waals surface area contributed by atoms with Crippen molar-refractivity contribution in [1.29, 1.82) is 0 Å². The van der Waals surface area contributed by atoms with Gasteiger partial charge in [-0.15, -0.1) is 22.6 Å². The largest absolute Gasteiger partial charge is 0.675 e. The van der Waals surface area contributed by atoms with Crippen LogP contribution < -0.4 is 10.6 Å². The van der Waals surface area contributed by atoms with Crippen molar-refractivity contribution < 1.29 is 31.7 Å². The van der Waals surface area contributed by atoms with E-state index in [1.54, 1.807) is 79.3 Å². The summed E-state index contributed by atoms with van der Waals surface area (Å²) in [4.78, 5) is 12.8. The molecule has 0 spiro atoms. The number of amides is 1. The number of aryl methyl sites for hydroxylation is 1. The lowest BCUT2D eigenvalue weighted by Crippen LogP contribution is -2.50. The molecule has 6 rings (SSSR count). The van der Waals surface area contributed by atoms with Crippen LogP contribution in [0.5, 0.6) is 0 Å². The minimum Gasteiger partial charge on any atom is -0.387 e. The molecule has 0 aliphatic carbocycles. The number of terminal acetylenes is 1. The molecular formula is C37H38BF5N8O2. The van der Waals surface area contributed by atoms with Gasteiger partial charge in [0, 0.05) is 54.4 Å². The molecule has 276 valence electrons. The zero-order valence-electron chi connectivity index (χ0n) is 29.1. The molecule has 0 radical (unpaired) electrons. The minimum absolute atomic E-state index is 0.0652. The molecule has 2 aliphatic rings. The van der Waals surface area contributed by atoms with Gasteiger partial charge >= 0.3 is 19.2 Å². The van der Waals surface area contributed by atoms with Gasteiger partial charge in [0.25, 0.3) is 0 Å². The van der Waals surface area contributed by atoms with Crippen molar-refractivity contribution in [2.45, 2.75) is 63.1 Å². The van der Waals surface area contributed by atoms with Crippen molar-refractivity contribution in [1.82, 2.24) is 19.2 Å². The topological polar surface area (TPSA) is 115 Å². The maximum Gasteiger partial charge on any atom is 0.675 e. The molecule has 1 unspecified atom stereocenters. The molecule has 0 fully saturated rings. The van der Waals surface area contributed by atoms with E-state index in [1.807, 2.05) is 10.8 Å². The van der Waals surface area contributed by atoms with E-state index in [-0.39, 0.29) is 17.8 Å². The summed E-state index contributed by atoms with van der Waals surface area (Å²) in [7, 11) is -1.12. The molecule has 4 heterocycles. The van der Waals surface area contributed by atoms with Crippen LogP contribution in [0.2, 0.25) is 0 Å². The van der Waals surface area contributed by atoms with Gasteiger partial charge in [-0.05, 0) is 73.7 Å². The molecule has 0 saturated carbocycles. The monoisotopic (exact) mass is 732 g/mol. The number of hydrogen-bond donors (Lipinski definition) is 4. The van der Waals surface area contributed by atoms with Crippen molar-refractivity contribution in [3.63, 3.8) is 0 Å². The van der Waals surface area contributed by atoms with Gasteiger partial charge in [-0.3, -0.25) is 23.2 Å². The lowest BCUT2D eigenvalue weighted by molar-refractivity contribution is -0.166. The molecule has 1 amide bonds. The Labute approximate surface area is 303 Å². The van der Waals surface area contributed by atoms with E-state index in [0.29, 0.717) is 33.9 Å². The molecule has 4 aromatic rings. The van der Waals surface area contributed by atoms with Crippen LogP contribution in [0.1, 0.15) is 60.7 Å². The molecule has 0 saturated heterocycles. The Bertz CT molecular complexity index is 2050. The number of unbranched alkanes of at least 4 members (excludes halogenated alkanes) is 3. The summed E-state index contributed by atoms with van der Waals surface area (Å²) in [6.07, 6.45) is 10.3. The SMILES string of the molecule is C#CCCCCCc1cn(C2(C)C=C/C(=C(\c3ccc(NC(=O)CO)cc3)c3ccc(NCc4ccc(C5(C(F)(F)F)N=N5)cc4)n3C)N2B(F)F)[nH]1. The number of aliphatic hydroxyl groups is 1. The molecule has 53 heavy (non-hydrogen) atoms. The Morgan fingerprint density at radius 3 is 2.34 bits per heavy atom. The Balaban J connectivity index is 1.30. The van der Waals surface area contributed by atoms with E-state index in [4.69, 9.17) is 11.5 Å². The molecule has 2 aromatic heterocycles. The van der Waals surface area contributed by atoms with Crippen molar-refractivity contribution in [2.75, 3.05) is 17.2 Å². The fraction of sp³-hybridized carbons (Fsp3) is 0.324. The van der Waals surface area contributed by atoms with Gasteiger partial charge in [-0.2, -0.15) is 13.2 Å². The average molecular weight is 733 g/mol. The highest BCUT2D eigenvalue weighted by Crippen LogP contribution is 2.52. The highest BCUT2D eigenvalue weighted by molar-refractivity contribution is 6.40. The lowest BCUT2D eigenvalue weighted by atomic mass is 9.96. The van der Waals surface area contributed by atoms with Gasteiger partial charge in [0.2, 0.25) is 5.91 Å². The lowest BCUT2D eigenvalue weighted by Gasteiger charge is -2.40. The molecule has 16 heteroatoms. The number of carbonyl (C=O) groups excluding carboxylic acids is 1. The Morgan fingerprint density at radius 2 is 1.74 bits per heavy atom. The van der Waals surface area contributed by atoms with E-state index >= 15 is 8.63 Å². The van der Waals surface area contributed by atoms with Crippen molar-refractivity contribution in [3.05, 3.63) is 113 Å². The van der Waals surface area contributed by atoms with Gasteiger partial charge < -0.3 is 25.1 Å². The number of anilines is 2. The number of nitrogens with one attached hydrogen (secondary N) is 3. The van der Waals surface area contributed by atoms with Gasteiger partial charge in [0.1, 0.15) is 18.1 Å². The highest BCUT2D eigenvalue weighted by atomic mass is 19.4.